The van der Waals surface area contributed by atoms with Gasteiger partial charge in [0.1, 0.15) is 12.4 Å². The maximum absolute atomic E-state index is 12.8. The SMILES string of the molecule is O=C1C(C=NOCc2ccc(F)cc2)CCN1c1ncccn1. The van der Waals surface area contributed by atoms with E-state index < -0.39 is 0 Å². The van der Waals surface area contributed by atoms with Gasteiger partial charge in [-0.25, -0.2) is 14.4 Å². The molecule has 0 bridgehead atoms. The van der Waals surface area contributed by atoms with Crippen molar-refractivity contribution in [1.29, 1.82) is 0 Å². The molecular weight excluding hydrogens is 299 g/mol. The number of carbonyl (C=O) groups is 1. The molecule has 0 radical (unpaired) electrons. The van der Waals surface area contributed by atoms with Crippen LogP contribution in [0.1, 0.15) is 12.0 Å². The number of aromatic nitrogens is 2. The van der Waals surface area contributed by atoms with Gasteiger partial charge in [0.05, 0.1) is 12.1 Å². The topological polar surface area (TPSA) is 67.7 Å². The minimum atomic E-state index is -0.341. The molecule has 1 aliphatic rings. The first kappa shape index (κ1) is 15.1. The second-order valence-electron chi connectivity index (χ2n) is 5.09. The molecule has 23 heavy (non-hydrogen) atoms. The van der Waals surface area contributed by atoms with Gasteiger partial charge in [-0.2, -0.15) is 0 Å². The Labute approximate surface area is 132 Å². The lowest BCUT2D eigenvalue weighted by Crippen LogP contribution is -2.29. The number of rotatable bonds is 5. The summed E-state index contributed by atoms with van der Waals surface area (Å²) in [7, 11) is 0. The maximum Gasteiger partial charge on any atom is 0.238 e. The van der Waals surface area contributed by atoms with Gasteiger partial charge in [0.25, 0.3) is 0 Å². The van der Waals surface area contributed by atoms with Crippen LogP contribution in [0, 0.1) is 11.7 Å². The van der Waals surface area contributed by atoms with Crippen molar-refractivity contribution in [2.45, 2.75) is 13.0 Å². The predicted octanol–water partition coefficient (Wildman–Crippen LogP) is 2.17. The Hall–Kier alpha value is -2.83. The van der Waals surface area contributed by atoms with Gasteiger partial charge in [-0.05, 0) is 30.2 Å². The number of hydrogen-bond donors (Lipinski definition) is 0. The molecule has 3 rings (SSSR count). The molecule has 1 saturated heterocycles. The first-order chi connectivity index (χ1) is 11.2. The van der Waals surface area contributed by atoms with Gasteiger partial charge in [-0.15, -0.1) is 0 Å². The summed E-state index contributed by atoms with van der Waals surface area (Å²) in [5, 5.41) is 3.84. The highest BCUT2D eigenvalue weighted by atomic mass is 19.1. The van der Waals surface area contributed by atoms with E-state index in [-0.39, 0.29) is 24.2 Å². The zero-order chi connectivity index (χ0) is 16.1. The smallest absolute Gasteiger partial charge is 0.238 e. The molecule has 2 aromatic rings. The summed E-state index contributed by atoms with van der Waals surface area (Å²) >= 11 is 0. The molecule has 6 nitrogen and oxygen atoms in total. The minimum Gasteiger partial charge on any atom is -0.391 e. The number of amides is 1. The highest BCUT2D eigenvalue weighted by Gasteiger charge is 2.32. The summed E-state index contributed by atoms with van der Waals surface area (Å²) in [6.07, 6.45) is 5.33. The van der Waals surface area contributed by atoms with Gasteiger partial charge >= 0.3 is 0 Å². The van der Waals surface area contributed by atoms with E-state index >= 15 is 0 Å². The molecule has 0 N–H and O–H groups in total. The molecule has 1 fully saturated rings. The highest BCUT2D eigenvalue weighted by Crippen LogP contribution is 2.20. The Bertz CT molecular complexity index is 691. The fourth-order valence-electron chi connectivity index (χ4n) is 2.28. The Morgan fingerprint density at radius 2 is 2.04 bits per heavy atom. The van der Waals surface area contributed by atoms with Crippen LogP contribution in [0.25, 0.3) is 0 Å². The summed E-state index contributed by atoms with van der Waals surface area (Å²) < 4.78 is 12.8. The Kier molecular flexibility index (Phi) is 4.56. The number of halogens is 1. The van der Waals surface area contributed by atoms with Crippen LogP contribution in [0.4, 0.5) is 10.3 Å². The Morgan fingerprint density at radius 1 is 1.30 bits per heavy atom. The second kappa shape index (κ2) is 6.95. The van der Waals surface area contributed by atoms with Gasteiger partial charge in [-0.3, -0.25) is 9.69 Å². The van der Waals surface area contributed by atoms with E-state index in [9.17, 15) is 9.18 Å². The van der Waals surface area contributed by atoms with Crippen LogP contribution in [0.2, 0.25) is 0 Å². The summed E-state index contributed by atoms with van der Waals surface area (Å²) in [6, 6.07) is 7.67. The fraction of sp³-hybridized carbons (Fsp3) is 0.250. The number of hydrogen-bond acceptors (Lipinski definition) is 5. The van der Waals surface area contributed by atoms with Gasteiger partial charge < -0.3 is 4.84 Å². The second-order valence-corrected chi connectivity index (χ2v) is 5.09. The monoisotopic (exact) mass is 314 g/mol. The highest BCUT2D eigenvalue weighted by molar-refractivity contribution is 6.04. The van der Waals surface area contributed by atoms with E-state index in [4.69, 9.17) is 4.84 Å². The van der Waals surface area contributed by atoms with Crippen molar-refractivity contribution in [2.75, 3.05) is 11.4 Å². The van der Waals surface area contributed by atoms with Gasteiger partial charge in [0.2, 0.25) is 11.9 Å². The van der Waals surface area contributed by atoms with Crippen molar-refractivity contribution in [3.05, 3.63) is 54.1 Å². The van der Waals surface area contributed by atoms with E-state index in [1.54, 1.807) is 30.6 Å². The van der Waals surface area contributed by atoms with Crippen LogP contribution >= 0.6 is 0 Å². The molecule has 0 aliphatic carbocycles. The zero-order valence-corrected chi connectivity index (χ0v) is 12.3. The van der Waals surface area contributed by atoms with Gasteiger partial charge in [0.15, 0.2) is 0 Å². The predicted molar refractivity (Wildman–Crippen MR) is 82.2 cm³/mol. The molecule has 0 saturated carbocycles. The zero-order valence-electron chi connectivity index (χ0n) is 12.3. The van der Waals surface area contributed by atoms with Crippen molar-refractivity contribution in [3.63, 3.8) is 0 Å². The number of benzene rings is 1. The van der Waals surface area contributed by atoms with Gasteiger partial charge in [-0.1, -0.05) is 17.3 Å². The first-order valence-corrected chi connectivity index (χ1v) is 7.22. The molecule has 118 valence electrons. The maximum atomic E-state index is 12.8. The number of oxime groups is 1. The van der Waals surface area contributed by atoms with Crippen molar-refractivity contribution in [1.82, 2.24) is 9.97 Å². The number of anilines is 1. The van der Waals surface area contributed by atoms with Crippen LogP contribution in [0.5, 0.6) is 0 Å². The summed E-state index contributed by atoms with van der Waals surface area (Å²) in [5.74, 6) is -0.324. The van der Waals surface area contributed by atoms with Crippen LogP contribution in [-0.4, -0.2) is 28.6 Å². The molecule has 1 unspecified atom stereocenters. The first-order valence-electron chi connectivity index (χ1n) is 7.22. The summed E-state index contributed by atoms with van der Waals surface area (Å²) in [4.78, 5) is 27.1. The molecule has 1 aromatic carbocycles. The lowest BCUT2D eigenvalue weighted by Gasteiger charge is -2.12. The lowest BCUT2D eigenvalue weighted by atomic mass is 10.1. The Balaban J connectivity index is 1.52. The average Bonchev–Trinajstić information content (AvgIpc) is 2.95. The van der Waals surface area contributed by atoms with Crippen molar-refractivity contribution in [3.8, 4) is 0 Å². The van der Waals surface area contributed by atoms with E-state index in [1.165, 1.54) is 23.2 Å². The van der Waals surface area contributed by atoms with Crippen LogP contribution in [0.15, 0.2) is 47.9 Å². The molecule has 1 amide bonds. The van der Waals surface area contributed by atoms with Crippen LogP contribution in [0.3, 0.4) is 0 Å². The number of carbonyl (C=O) groups excluding carboxylic acids is 1. The number of nitrogens with zero attached hydrogens (tertiary/aromatic N) is 4. The van der Waals surface area contributed by atoms with E-state index in [0.717, 1.165) is 5.56 Å². The standard InChI is InChI=1S/C16H15FN4O2/c17-14-4-2-12(3-5-14)11-23-20-10-13-6-9-21(15(13)22)16-18-7-1-8-19-16/h1-5,7-8,10,13H,6,9,11H2. The largest absolute Gasteiger partial charge is 0.391 e. The fourth-order valence-corrected chi connectivity index (χ4v) is 2.28. The Morgan fingerprint density at radius 3 is 2.78 bits per heavy atom. The van der Waals surface area contributed by atoms with E-state index in [1.807, 2.05) is 0 Å². The molecule has 1 atom stereocenters. The quantitative estimate of drug-likeness (QED) is 0.626. The lowest BCUT2D eigenvalue weighted by molar-refractivity contribution is -0.118. The normalized spacial score (nSPS) is 17.9. The van der Waals surface area contributed by atoms with E-state index in [2.05, 4.69) is 15.1 Å². The van der Waals surface area contributed by atoms with Gasteiger partial charge in [0, 0.05) is 18.9 Å². The van der Waals surface area contributed by atoms with Crippen molar-refractivity contribution >= 4 is 18.1 Å². The molecule has 0 spiro atoms. The van der Waals surface area contributed by atoms with Crippen molar-refractivity contribution < 1.29 is 14.0 Å². The van der Waals surface area contributed by atoms with Crippen LogP contribution in [-0.2, 0) is 16.2 Å². The summed E-state index contributed by atoms with van der Waals surface area (Å²) in [5.41, 5.74) is 0.806. The minimum absolute atomic E-state index is 0.0923. The van der Waals surface area contributed by atoms with Crippen molar-refractivity contribution in [2.24, 2.45) is 11.1 Å². The van der Waals surface area contributed by atoms with E-state index in [0.29, 0.717) is 18.9 Å². The third kappa shape index (κ3) is 3.68. The molecule has 1 aliphatic heterocycles. The molecule has 7 heteroatoms. The molecule has 2 heterocycles. The average molecular weight is 314 g/mol. The third-order valence-corrected chi connectivity index (χ3v) is 3.50. The summed E-state index contributed by atoms with van der Waals surface area (Å²) in [6.45, 7) is 0.778. The third-order valence-electron chi connectivity index (χ3n) is 3.50. The van der Waals surface area contributed by atoms with Crippen LogP contribution < -0.4 is 4.90 Å². The molecular formula is C16H15FN4O2. The molecule has 1 aromatic heterocycles.